The van der Waals surface area contributed by atoms with Crippen LogP contribution in [-0.2, 0) is 6.42 Å². The van der Waals surface area contributed by atoms with Crippen LogP contribution in [0.15, 0.2) is 42.5 Å². The summed E-state index contributed by atoms with van der Waals surface area (Å²) in [4.78, 5) is 26.2. The number of anilines is 2. The molecule has 2 aromatic rings. The predicted octanol–water partition coefficient (Wildman–Crippen LogP) is 4.93. The summed E-state index contributed by atoms with van der Waals surface area (Å²) in [6.07, 6.45) is 1.92. The molecule has 2 aromatic carbocycles. The number of fused-ring (bicyclic) bond motifs is 1. The molecule has 0 fully saturated rings. The van der Waals surface area contributed by atoms with Crippen molar-refractivity contribution in [2.75, 3.05) is 22.1 Å². The van der Waals surface area contributed by atoms with Crippen LogP contribution in [-0.4, -0.2) is 28.8 Å². The Labute approximate surface area is 158 Å². The van der Waals surface area contributed by atoms with Crippen molar-refractivity contribution in [3.05, 3.63) is 59.2 Å². The number of hydrogen-bond acceptors (Lipinski definition) is 3. The predicted molar refractivity (Wildman–Crippen MR) is 104 cm³/mol. The number of benzene rings is 2. The van der Waals surface area contributed by atoms with Crippen LogP contribution in [0.4, 0.5) is 11.4 Å². The topological polar surface area (TPSA) is 37.4 Å². The van der Waals surface area contributed by atoms with Crippen molar-refractivity contribution >= 4 is 54.8 Å². The molecule has 5 heteroatoms. The monoisotopic (exact) mass is 449 g/mol. The molecule has 0 unspecified atom stereocenters. The second-order valence-electron chi connectivity index (χ2n) is 5.72. The van der Waals surface area contributed by atoms with Gasteiger partial charge in [0.1, 0.15) is 0 Å². The van der Waals surface area contributed by atoms with Crippen LogP contribution in [0, 0.1) is 0 Å². The van der Waals surface area contributed by atoms with Crippen LogP contribution in [0.5, 0.6) is 0 Å². The zero-order chi connectivity index (χ0) is 17.1. The number of halogens is 2. The minimum absolute atomic E-state index is 0.0748. The summed E-state index contributed by atoms with van der Waals surface area (Å²) in [5, 5.41) is 0.670. The maximum absolute atomic E-state index is 12.2. The SMILES string of the molecule is O=C(CBr)c1ccc(N2CCCc3c(C(=O)CBr)cccc32)cc1. The van der Waals surface area contributed by atoms with E-state index in [4.69, 9.17) is 0 Å². The van der Waals surface area contributed by atoms with Crippen LogP contribution in [0.3, 0.4) is 0 Å². The number of nitrogens with zero attached hydrogens (tertiary/aromatic N) is 1. The second kappa shape index (κ2) is 7.62. The van der Waals surface area contributed by atoms with E-state index in [-0.39, 0.29) is 11.6 Å². The number of Topliss-reactive ketones (excluding diaryl/α,β-unsaturated/α-hetero) is 2. The lowest BCUT2D eigenvalue weighted by Gasteiger charge is -2.32. The molecule has 0 radical (unpaired) electrons. The minimum atomic E-state index is 0.0748. The Morgan fingerprint density at radius 1 is 0.958 bits per heavy atom. The zero-order valence-corrected chi connectivity index (χ0v) is 16.3. The maximum Gasteiger partial charge on any atom is 0.173 e. The van der Waals surface area contributed by atoms with Crippen LogP contribution in [0.2, 0.25) is 0 Å². The minimum Gasteiger partial charge on any atom is -0.341 e. The maximum atomic E-state index is 12.2. The Kier molecular flexibility index (Phi) is 5.51. The average molecular weight is 451 g/mol. The third-order valence-electron chi connectivity index (χ3n) is 4.29. The summed E-state index contributed by atoms with van der Waals surface area (Å²) in [6.45, 7) is 0.907. The van der Waals surface area contributed by atoms with Gasteiger partial charge in [0.25, 0.3) is 0 Å². The summed E-state index contributed by atoms with van der Waals surface area (Å²) in [7, 11) is 0. The first kappa shape index (κ1) is 17.4. The van der Waals surface area contributed by atoms with Crippen LogP contribution >= 0.6 is 31.9 Å². The van der Waals surface area contributed by atoms with Gasteiger partial charge in [-0.1, -0.05) is 44.0 Å². The molecule has 0 bridgehead atoms. The normalized spacial score (nSPS) is 13.5. The molecule has 0 aromatic heterocycles. The van der Waals surface area contributed by atoms with E-state index in [0.29, 0.717) is 16.2 Å². The number of carbonyl (C=O) groups excluding carboxylic acids is 2. The van der Waals surface area contributed by atoms with Crippen LogP contribution in [0.25, 0.3) is 0 Å². The Hall–Kier alpha value is -1.46. The first-order chi connectivity index (χ1) is 11.7. The van der Waals surface area contributed by atoms with Gasteiger partial charge in [0.2, 0.25) is 0 Å². The first-order valence-corrected chi connectivity index (χ1v) is 10.1. The fourth-order valence-corrected chi connectivity index (χ4v) is 3.76. The molecule has 0 amide bonds. The molecule has 124 valence electrons. The molecule has 3 nitrogen and oxygen atoms in total. The van der Waals surface area contributed by atoms with E-state index in [9.17, 15) is 9.59 Å². The van der Waals surface area contributed by atoms with E-state index >= 15 is 0 Å². The first-order valence-electron chi connectivity index (χ1n) is 7.83. The van der Waals surface area contributed by atoms with Crippen molar-refractivity contribution < 1.29 is 9.59 Å². The van der Waals surface area contributed by atoms with Crippen LogP contribution < -0.4 is 4.90 Å². The molecule has 1 aliphatic rings. The molecule has 0 N–H and O–H groups in total. The summed E-state index contributed by atoms with van der Waals surface area (Å²) in [6, 6.07) is 13.6. The van der Waals surface area contributed by atoms with E-state index in [1.807, 2.05) is 36.4 Å². The van der Waals surface area contributed by atoms with Gasteiger partial charge in [-0.05, 0) is 48.7 Å². The molecule has 3 rings (SSSR count). The number of alkyl halides is 2. The van der Waals surface area contributed by atoms with E-state index < -0.39 is 0 Å². The van der Waals surface area contributed by atoms with E-state index in [1.165, 1.54) is 0 Å². The Morgan fingerprint density at radius 3 is 2.33 bits per heavy atom. The van der Waals surface area contributed by atoms with Gasteiger partial charge in [-0.15, -0.1) is 0 Å². The second-order valence-corrected chi connectivity index (χ2v) is 6.84. The summed E-state index contributed by atoms with van der Waals surface area (Å²) < 4.78 is 0. The van der Waals surface area contributed by atoms with Gasteiger partial charge in [0.05, 0.1) is 10.7 Å². The number of hydrogen-bond donors (Lipinski definition) is 0. The molecular weight excluding hydrogens is 434 g/mol. The Bertz CT molecular complexity index is 771. The van der Waals surface area contributed by atoms with Gasteiger partial charge in [0, 0.05) is 29.0 Å². The zero-order valence-electron chi connectivity index (χ0n) is 13.1. The highest BCUT2D eigenvalue weighted by Gasteiger charge is 2.22. The standard InChI is InChI=1S/C19H17Br2NO2/c20-11-18(23)13-6-8-14(9-7-13)22-10-2-4-15-16(19(24)12-21)3-1-5-17(15)22/h1,3,5-9H,2,4,10-12H2. The quantitative estimate of drug-likeness (QED) is 0.478. The summed E-state index contributed by atoms with van der Waals surface area (Å²) in [5.74, 6) is 0.192. The molecule has 0 spiro atoms. The molecule has 24 heavy (non-hydrogen) atoms. The molecular formula is C19H17Br2NO2. The average Bonchev–Trinajstić information content (AvgIpc) is 2.66. The highest BCUT2D eigenvalue weighted by atomic mass is 79.9. The third-order valence-corrected chi connectivity index (χ3v) is 5.31. The highest BCUT2D eigenvalue weighted by molar-refractivity contribution is 9.09. The van der Waals surface area contributed by atoms with Crippen molar-refractivity contribution in [1.29, 1.82) is 0 Å². The van der Waals surface area contributed by atoms with Gasteiger partial charge >= 0.3 is 0 Å². The smallest absolute Gasteiger partial charge is 0.173 e. The fourth-order valence-electron chi connectivity index (χ4n) is 3.13. The van der Waals surface area contributed by atoms with Gasteiger partial charge in [-0.25, -0.2) is 0 Å². The Morgan fingerprint density at radius 2 is 1.67 bits per heavy atom. The van der Waals surface area contributed by atoms with E-state index in [1.54, 1.807) is 0 Å². The van der Waals surface area contributed by atoms with Crippen molar-refractivity contribution in [3.63, 3.8) is 0 Å². The molecule has 0 saturated heterocycles. The number of carbonyl (C=O) groups is 2. The van der Waals surface area contributed by atoms with Gasteiger partial charge in [-0.2, -0.15) is 0 Å². The van der Waals surface area contributed by atoms with Crippen molar-refractivity contribution in [2.45, 2.75) is 12.8 Å². The summed E-state index contributed by atoms with van der Waals surface area (Å²) in [5.41, 5.74) is 4.77. The number of rotatable bonds is 5. The van der Waals surface area contributed by atoms with E-state index in [2.05, 4.69) is 42.8 Å². The Balaban J connectivity index is 1.98. The molecule has 0 aliphatic carbocycles. The fraction of sp³-hybridized carbons (Fsp3) is 0.263. The molecule has 0 atom stereocenters. The van der Waals surface area contributed by atoms with Gasteiger partial charge < -0.3 is 4.90 Å². The third kappa shape index (κ3) is 3.33. The molecule has 0 saturated carbocycles. The van der Waals surface area contributed by atoms with Gasteiger partial charge in [0.15, 0.2) is 11.6 Å². The van der Waals surface area contributed by atoms with Crippen molar-refractivity contribution in [2.24, 2.45) is 0 Å². The highest BCUT2D eigenvalue weighted by Crippen LogP contribution is 2.35. The largest absolute Gasteiger partial charge is 0.341 e. The van der Waals surface area contributed by atoms with Crippen molar-refractivity contribution in [1.82, 2.24) is 0 Å². The van der Waals surface area contributed by atoms with Crippen LogP contribution in [0.1, 0.15) is 32.7 Å². The van der Waals surface area contributed by atoms with Gasteiger partial charge in [-0.3, -0.25) is 9.59 Å². The molecule has 1 heterocycles. The lowest BCUT2D eigenvalue weighted by molar-refractivity contribution is 0.101. The van der Waals surface area contributed by atoms with Crippen molar-refractivity contribution in [3.8, 4) is 0 Å². The lowest BCUT2D eigenvalue weighted by Crippen LogP contribution is -2.26. The summed E-state index contributed by atoms with van der Waals surface area (Å²) >= 11 is 6.47. The van der Waals surface area contributed by atoms with E-state index in [0.717, 1.165) is 41.9 Å². The molecule has 1 aliphatic heterocycles. The number of ketones is 2. The lowest BCUT2D eigenvalue weighted by atomic mass is 9.94.